The second-order valence-electron chi connectivity index (χ2n) is 5.43. The number of pyridine rings is 2. The van der Waals surface area contributed by atoms with Gasteiger partial charge in [-0.2, -0.15) is 0 Å². The highest BCUT2D eigenvalue weighted by Crippen LogP contribution is 2.47. The van der Waals surface area contributed by atoms with Gasteiger partial charge in [-0.1, -0.05) is 12.1 Å². The fraction of sp³-hybridized carbons (Fsp3) is 0.444. The van der Waals surface area contributed by atoms with Gasteiger partial charge in [0.15, 0.2) is 10.9 Å². The molecule has 0 aromatic carbocycles. The van der Waals surface area contributed by atoms with Gasteiger partial charge in [0.25, 0.3) is 0 Å². The van der Waals surface area contributed by atoms with Crippen LogP contribution in [0.15, 0.2) is 36.4 Å². The van der Waals surface area contributed by atoms with Crippen LogP contribution in [0.5, 0.6) is 0 Å². The summed E-state index contributed by atoms with van der Waals surface area (Å²) in [5.74, 6) is 0. The van der Waals surface area contributed by atoms with E-state index in [1.165, 1.54) is 0 Å². The van der Waals surface area contributed by atoms with Crippen LogP contribution in [0.25, 0.3) is 11.4 Å². The summed E-state index contributed by atoms with van der Waals surface area (Å²) in [5.41, 5.74) is 1.27. The molecule has 2 aromatic heterocycles. The Morgan fingerprint density at radius 1 is 0.643 bits per heavy atom. The molecule has 0 bridgehead atoms. The van der Waals surface area contributed by atoms with Crippen molar-refractivity contribution in [1.82, 2.24) is 9.97 Å². The number of hydrogen-bond acceptors (Lipinski definition) is 8. The lowest BCUT2D eigenvalue weighted by atomic mass is 10.2. The van der Waals surface area contributed by atoms with Crippen molar-refractivity contribution in [1.29, 1.82) is 0 Å². The van der Waals surface area contributed by atoms with Crippen molar-refractivity contribution in [2.24, 2.45) is 0 Å². The number of nitrogens with zero attached hydrogens (tertiary/aromatic N) is 2. The average Bonchev–Trinajstić information content (AvgIpc) is 2.69. The zero-order chi connectivity index (χ0) is 20.6. The minimum absolute atomic E-state index is 0.193. The molecule has 0 saturated carbocycles. The van der Waals surface area contributed by atoms with E-state index in [1.54, 1.807) is 64.1 Å². The molecule has 10 heteroatoms. The van der Waals surface area contributed by atoms with Gasteiger partial charge in [0.05, 0.1) is 37.8 Å². The van der Waals surface area contributed by atoms with Gasteiger partial charge < -0.3 is 18.1 Å². The summed E-state index contributed by atoms with van der Waals surface area (Å²) in [7, 11) is -7.06. The molecular weight excluding hydrogens is 402 g/mol. The third kappa shape index (κ3) is 5.35. The maximum Gasteiger partial charge on any atom is 0.379 e. The Balaban J connectivity index is 2.47. The first-order valence-corrected chi connectivity index (χ1v) is 12.2. The Kier molecular flexibility index (Phi) is 8.50. The molecule has 0 saturated heterocycles. The average molecular weight is 428 g/mol. The molecule has 0 unspecified atom stereocenters. The molecule has 0 aliphatic carbocycles. The van der Waals surface area contributed by atoms with Crippen molar-refractivity contribution in [3.8, 4) is 11.4 Å². The predicted molar refractivity (Wildman–Crippen MR) is 108 cm³/mol. The van der Waals surface area contributed by atoms with Crippen LogP contribution in [-0.4, -0.2) is 36.4 Å². The lowest BCUT2D eigenvalue weighted by molar-refractivity contribution is 0.228. The Bertz CT molecular complexity index is 785. The summed E-state index contributed by atoms with van der Waals surface area (Å²) in [4.78, 5) is 8.84. The van der Waals surface area contributed by atoms with Crippen molar-refractivity contribution in [2.45, 2.75) is 27.7 Å². The van der Waals surface area contributed by atoms with Gasteiger partial charge in [-0.3, -0.25) is 9.13 Å². The summed E-state index contributed by atoms with van der Waals surface area (Å²) in [6.45, 7) is 7.84. The summed E-state index contributed by atoms with van der Waals surface area (Å²) in [6.07, 6.45) is 0. The standard InChI is InChI=1S/C18H26N2O6P2/c1-5-23-27(21,24-6-2)17-13-9-11-15(19-17)16-12-10-14-18(20-16)28(22,25-7-3)26-8-4/h9-14H,5-8H2,1-4H3. The van der Waals surface area contributed by atoms with Crippen LogP contribution >= 0.6 is 15.2 Å². The van der Waals surface area contributed by atoms with Gasteiger partial charge in [-0.25, -0.2) is 9.97 Å². The Morgan fingerprint density at radius 2 is 0.964 bits per heavy atom. The van der Waals surface area contributed by atoms with E-state index in [0.29, 0.717) is 11.4 Å². The van der Waals surface area contributed by atoms with E-state index >= 15 is 0 Å². The summed E-state index contributed by atoms with van der Waals surface area (Å²) in [6, 6.07) is 9.99. The normalized spacial score (nSPS) is 12.3. The summed E-state index contributed by atoms with van der Waals surface area (Å²) >= 11 is 0. The smallest absolute Gasteiger partial charge is 0.304 e. The van der Waals surface area contributed by atoms with E-state index in [2.05, 4.69) is 9.97 Å². The summed E-state index contributed by atoms with van der Waals surface area (Å²) in [5, 5.41) is 0. The maximum absolute atomic E-state index is 13.0. The van der Waals surface area contributed by atoms with Crippen LogP contribution in [0.4, 0.5) is 0 Å². The lowest BCUT2D eigenvalue weighted by Crippen LogP contribution is -2.17. The van der Waals surface area contributed by atoms with Crippen LogP contribution in [0, 0.1) is 0 Å². The van der Waals surface area contributed by atoms with Gasteiger partial charge >= 0.3 is 15.2 Å². The quantitative estimate of drug-likeness (QED) is 0.497. The molecule has 0 N–H and O–H groups in total. The van der Waals surface area contributed by atoms with Gasteiger partial charge in [-0.05, 0) is 52.0 Å². The first kappa shape index (κ1) is 22.9. The fourth-order valence-corrected chi connectivity index (χ4v) is 5.49. The molecule has 2 rings (SSSR count). The molecule has 0 radical (unpaired) electrons. The van der Waals surface area contributed by atoms with E-state index < -0.39 is 15.2 Å². The minimum Gasteiger partial charge on any atom is -0.304 e. The van der Waals surface area contributed by atoms with E-state index in [4.69, 9.17) is 18.1 Å². The zero-order valence-electron chi connectivity index (χ0n) is 16.5. The molecule has 154 valence electrons. The summed E-state index contributed by atoms with van der Waals surface area (Å²) < 4.78 is 47.4. The topological polar surface area (TPSA) is 96.8 Å². The molecule has 0 fully saturated rings. The molecule has 2 aromatic rings. The molecule has 28 heavy (non-hydrogen) atoms. The van der Waals surface area contributed by atoms with Gasteiger partial charge in [-0.15, -0.1) is 0 Å². The van der Waals surface area contributed by atoms with E-state index in [-0.39, 0.29) is 37.3 Å². The highest BCUT2D eigenvalue weighted by molar-refractivity contribution is 7.62. The molecule has 2 heterocycles. The van der Waals surface area contributed by atoms with E-state index in [1.807, 2.05) is 0 Å². The van der Waals surface area contributed by atoms with Crippen LogP contribution in [0.1, 0.15) is 27.7 Å². The molecule has 8 nitrogen and oxygen atoms in total. The molecule has 0 amide bonds. The van der Waals surface area contributed by atoms with Crippen LogP contribution in [0.2, 0.25) is 0 Å². The third-order valence-corrected chi connectivity index (χ3v) is 7.50. The fourth-order valence-electron chi connectivity index (χ4n) is 2.46. The van der Waals surface area contributed by atoms with Crippen molar-refractivity contribution in [3.05, 3.63) is 36.4 Å². The van der Waals surface area contributed by atoms with Crippen LogP contribution in [-0.2, 0) is 27.2 Å². The Morgan fingerprint density at radius 3 is 1.25 bits per heavy atom. The largest absolute Gasteiger partial charge is 0.379 e. The lowest BCUT2D eigenvalue weighted by Gasteiger charge is -2.18. The molecule has 0 spiro atoms. The highest BCUT2D eigenvalue weighted by Gasteiger charge is 2.30. The van der Waals surface area contributed by atoms with E-state index in [0.717, 1.165) is 0 Å². The molecule has 0 aliphatic rings. The molecule has 0 aliphatic heterocycles. The Labute approximate surface area is 165 Å². The number of rotatable bonds is 11. The molecular formula is C18H26N2O6P2. The van der Waals surface area contributed by atoms with Crippen molar-refractivity contribution in [3.63, 3.8) is 0 Å². The molecule has 0 atom stereocenters. The second kappa shape index (κ2) is 10.4. The third-order valence-electron chi connectivity index (χ3n) is 3.49. The van der Waals surface area contributed by atoms with Crippen molar-refractivity contribution in [2.75, 3.05) is 26.4 Å². The maximum atomic E-state index is 13.0. The SMILES string of the molecule is CCOP(=O)(OCC)c1cccc(-c2cccc(P(=O)(OCC)OCC)n2)n1. The van der Waals surface area contributed by atoms with E-state index in [9.17, 15) is 9.13 Å². The highest BCUT2D eigenvalue weighted by atomic mass is 31.2. The monoisotopic (exact) mass is 428 g/mol. The van der Waals surface area contributed by atoms with Crippen LogP contribution < -0.4 is 10.9 Å². The van der Waals surface area contributed by atoms with Gasteiger partial charge in [0.2, 0.25) is 0 Å². The minimum atomic E-state index is -3.53. The number of hydrogen-bond donors (Lipinski definition) is 0. The Hall–Kier alpha value is -1.40. The van der Waals surface area contributed by atoms with Crippen molar-refractivity contribution < 1.29 is 27.2 Å². The van der Waals surface area contributed by atoms with Crippen LogP contribution in [0.3, 0.4) is 0 Å². The van der Waals surface area contributed by atoms with Gasteiger partial charge in [0.1, 0.15) is 0 Å². The predicted octanol–water partition coefficient (Wildman–Crippen LogP) is 3.93. The first-order chi connectivity index (χ1) is 13.4. The van der Waals surface area contributed by atoms with Crippen molar-refractivity contribution >= 4 is 26.1 Å². The first-order valence-electron chi connectivity index (χ1n) is 9.16. The second-order valence-corrected chi connectivity index (χ2v) is 9.37. The zero-order valence-corrected chi connectivity index (χ0v) is 18.3. The van der Waals surface area contributed by atoms with Gasteiger partial charge in [0, 0.05) is 0 Å². The number of aromatic nitrogens is 2.